The Labute approximate surface area is 169 Å². The molecule has 0 saturated heterocycles. The fourth-order valence-electron chi connectivity index (χ4n) is 4.00. The fourth-order valence-corrected chi connectivity index (χ4v) is 4.00. The van der Waals surface area contributed by atoms with Crippen molar-refractivity contribution in [2.45, 2.75) is 19.3 Å². The van der Waals surface area contributed by atoms with Crippen molar-refractivity contribution in [3.05, 3.63) is 80.0 Å². The van der Waals surface area contributed by atoms with Crippen LogP contribution in [0.25, 0.3) is 21.9 Å². The maximum atomic E-state index is 13.3. The summed E-state index contributed by atoms with van der Waals surface area (Å²) in [5.74, 6) is -0.376. The molecule has 0 amide bonds. The Morgan fingerprint density at radius 1 is 1.03 bits per heavy atom. The quantitative estimate of drug-likeness (QED) is 0.286. The lowest BCUT2D eigenvalue weighted by atomic mass is 9.85. The minimum Gasteiger partial charge on any atom is -0.497 e. The molecule has 2 aromatic heterocycles. The van der Waals surface area contributed by atoms with Crippen molar-refractivity contribution in [2.75, 3.05) is 7.11 Å². The lowest BCUT2D eigenvalue weighted by Crippen LogP contribution is -2.25. The SMILES string of the molecule is COc1ccc2occ(C3CC(=O)Oc4ccc5c(C)cc(=O)oc5c43)c(=O)c2c1. The topological polar surface area (TPSA) is 96.0 Å². The lowest BCUT2D eigenvalue weighted by Gasteiger charge is -2.25. The van der Waals surface area contributed by atoms with Gasteiger partial charge in [-0.2, -0.15) is 0 Å². The van der Waals surface area contributed by atoms with E-state index >= 15 is 0 Å². The zero-order chi connectivity index (χ0) is 21.0. The molecule has 30 heavy (non-hydrogen) atoms. The van der Waals surface area contributed by atoms with E-state index in [9.17, 15) is 14.4 Å². The van der Waals surface area contributed by atoms with E-state index in [1.807, 2.05) is 0 Å². The highest BCUT2D eigenvalue weighted by molar-refractivity contribution is 5.90. The zero-order valence-electron chi connectivity index (χ0n) is 16.2. The molecule has 0 bridgehead atoms. The summed E-state index contributed by atoms with van der Waals surface area (Å²) in [4.78, 5) is 37.7. The molecule has 150 valence electrons. The average Bonchev–Trinajstić information content (AvgIpc) is 2.72. The summed E-state index contributed by atoms with van der Waals surface area (Å²) in [6, 6.07) is 9.73. The number of aryl methyl sites for hydroxylation is 1. The molecule has 7 heteroatoms. The van der Waals surface area contributed by atoms with Crippen LogP contribution in [0, 0.1) is 6.92 Å². The maximum absolute atomic E-state index is 13.3. The molecule has 4 aromatic rings. The third-order valence-electron chi connectivity index (χ3n) is 5.44. The van der Waals surface area contributed by atoms with Gasteiger partial charge in [-0.05, 0) is 42.8 Å². The molecule has 2 aromatic carbocycles. The Morgan fingerprint density at radius 3 is 2.67 bits per heavy atom. The van der Waals surface area contributed by atoms with Crippen LogP contribution < -0.4 is 20.5 Å². The maximum Gasteiger partial charge on any atom is 0.336 e. The van der Waals surface area contributed by atoms with Gasteiger partial charge in [-0.15, -0.1) is 0 Å². The number of hydrogen-bond acceptors (Lipinski definition) is 7. The summed E-state index contributed by atoms with van der Waals surface area (Å²) >= 11 is 0. The van der Waals surface area contributed by atoms with E-state index in [1.54, 1.807) is 37.3 Å². The van der Waals surface area contributed by atoms with Gasteiger partial charge in [0.15, 0.2) is 5.43 Å². The Hall–Kier alpha value is -3.87. The largest absolute Gasteiger partial charge is 0.497 e. The summed E-state index contributed by atoms with van der Waals surface area (Å²) < 4.78 is 21.8. The van der Waals surface area contributed by atoms with Gasteiger partial charge in [-0.3, -0.25) is 9.59 Å². The summed E-state index contributed by atoms with van der Waals surface area (Å²) in [7, 11) is 1.51. The minimum atomic E-state index is -0.679. The molecule has 7 nitrogen and oxygen atoms in total. The first-order chi connectivity index (χ1) is 14.5. The van der Waals surface area contributed by atoms with E-state index in [-0.39, 0.29) is 23.2 Å². The number of hydrogen-bond donors (Lipinski definition) is 0. The number of carbonyl (C=O) groups excluding carboxylic acids is 1. The molecule has 0 aliphatic carbocycles. The second-order valence-electron chi connectivity index (χ2n) is 7.22. The third kappa shape index (κ3) is 2.70. The van der Waals surface area contributed by atoms with Gasteiger partial charge in [0.2, 0.25) is 0 Å². The molecule has 0 N–H and O–H groups in total. The van der Waals surface area contributed by atoms with Gasteiger partial charge in [-0.1, -0.05) is 0 Å². The highest BCUT2D eigenvalue weighted by Crippen LogP contribution is 2.42. The fraction of sp³-hybridized carbons (Fsp3) is 0.174. The first kappa shape index (κ1) is 18.2. The molecule has 1 aliphatic rings. The second-order valence-corrected chi connectivity index (χ2v) is 7.22. The number of ether oxygens (including phenoxy) is 2. The molecule has 0 saturated carbocycles. The van der Waals surface area contributed by atoms with Crippen LogP contribution in [-0.2, 0) is 4.79 Å². The van der Waals surface area contributed by atoms with Gasteiger partial charge < -0.3 is 18.3 Å². The predicted molar refractivity (Wildman–Crippen MR) is 108 cm³/mol. The number of esters is 1. The number of rotatable bonds is 2. The highest BCUT2D eigenvalue weighted by Gasteiger charge is 2.34. The van der Waals surface area contributed by atoms with Crippen molar-refractivity contribution in [2.24, 2.45) is 0 Å². The smallest absolute Gasteiger partial charge is 0.336 e. The highest BCUT2D eigenvalue weighted by atomic mass is 16.5. The van der Waals surface area contributed by atoms with Gasteiger partial charge in [-0.25, -0.2) is 4.79 Å². The monoisotopic (exact) mass is 404 g/mol. The number of methoxy groups -OCH3 is 1. The first-order valence-electron chi connectivity index (χ1n) is 9.33. The molecule has 0 spiro atoms. The van der Waals surface area contributed by atoms with Crippen LogP contribution in [0.1, 0.15) is 29.0 Å². The zero-order valence-corrected chi connectivity index (χ0v) is 16.2. The molecule has 1 unspecified atom stereocenters. The third-order valence-corrected chi connectivity index (χ3v) is 5.44. The van der Waals surface area contributed by atoms with Crippen molar-refractivity contribution in [1.82, 2.24) is 0 Å². The van der Waals surface area contributed by atoms with Gasteiger partial charge in [0.05, 0.1) is 25.2 Å². The minimum absolute atomic E-state index is 0.0794. The van der Waals surface area contributed by atoms with Crippen molar-refractivity contribution < 1.29 is 23.1 Å². The molecule has 3 heterocycles. The molecule has 1 aliphatic heterocycles. The standard InChI is InChI=1S/C23H16O7/c1-11-7-19(24)30-23-13(11)4-6-18-21(23)14(9-20(25)29-18)16-10-28-17-5-3-12(27-2)8-15(17)22(16)26/h3-8,10,14H,9H2,1-2H3. The summed E-state index contributed by atoms with van der Waals surface area (Å²) in [5.41, 5.74) is 1.42. The number of benzene rings is 2. The van der Waals surface area contributed by atoms with Gasteiger partial charge in [0.25, 0.3) is 0 Å². The van der Waals surface area contributed by atoms with Crippen molar-refractivity contribution >= 4 is 27.9 Å². The number of fused-ring (bicyclic) bond motifs is 4. The van der Waals surface area contributed by atoms with Crippen molar-refractivity contribution in [3.63, 3.8) is 0 Å². The Morgan fingerprint density at radius 2 is 1.87 bits per heavy atom. The van der Waals surface area contributed by atoms with E-state index in [0.29, 0.717) is 33.3 Å². The average molecular weight is 404 g/mol. The summed E-state index contributed by atoms with van der Waals surface area (Å²) in [6.07, 6.45) is 1.28. The molecule has 5 rings (SSSR count). The van der Waals surface area contributed by atoms with Crippen LogP contribution in [0.3, 0.4) is 0 Å². The molecule has 1 atom stereocenters. The second kappa shape index (κ2) is 6.59. The van der Waals surface area contributed by atoms with Gasteiger partial charge in [0.1, 0.15) is 22.7 Å². The normalized spacial score (nSPS) is 15.8. The molecule has 0 fully saturated rings. The van der Waals surface area contributed by atoms with Crippen molar-refractivity contribution in [3.8, 4) is 11.5 Å². The van der Waals surface area contributed by atoms with Crippen LogP contribution in [0.15, 0.2) is 61.1 Å². The van der Waals surface area contributed by atoms with Crippen molar-refractivity contribution in [1.29, 1.82) is 0 Å². The predicted octanol–water partition coefficient (Wildman–Crippen LogP) is 3.66. The van der Waals surface area contributed by atoms with E-state index in [4.69, 9.17) is 18.3 Å². The van der Waals surface area contributed by atoms with Crippen LogP contribution in [-0.4, -0.2) is 13.1 Å². The number of carbonyl (C=O) groups is 1. The van der Waals surface area contributed by atoms with Gasteiger partial charge in [0, 0.05) is 28.5 Å². The molecule has 0 radical (unpaired) electrons. The van der Waals surface area contributed by atoms with Crippen LogP contribution in [0.2, 0.25) is 0 Å². The van der Waals surface area contributed by atoms with Gasteiger partial charge >= 0.3 is 11.6 Å². The van der Waals surface area contributed by atoms with E-state index in [0.717, 1.165) is 5.56 Å². The first-order valence-corrected chi connectivity index (χ1v) is 9.33. The Bertz CT molecular complexity index is 1460. The lowest BCUT2D eigenvalue weighted by molar-refractivity contribution is -0.135. The van der Waals surface area contributed by atoms with E-state index < -0.39 is 17.5 Å². The van der Waals surface area contributed by atoms with Crippen LogP contribution in [0.4, 0.5) is 0 Å². The Kier molecular flexibility index (Phi) is 3.99. The molecular formula is C23H16O7. The Balaban J connectivity index is 1.82. The van der Waals surface area contributed by atoms with E-state index in [1.165, 1.54) is 19.4 Å². The summed E-state index contributed by atoms with van der Waals surface area (Å²) in [5, 5.41) is 1.05. The van der Waals surface area contributed by atoms with E-state index in [2.05, 4.69) is 0 Å². The summed E-state index contributed by atoms with van der Waals surface area (Å²) in [6.45, 7) is 1.80. The molecular weight excluding hydrogens is 388 g/mol. The van der Waals surface area contributed by atoms with Crippen LogP contribution >= 0.6 is 0 Å². The van der Waals surface area contributed by atoms with Crippen LogP contribution in [0.5, 0.6) is 11.5 Å².